The fourth-order valence-electron chi connectivity index (χ4n) is 3.43. The van der Waals surface area contributed by atoms with E-state index in [0.717, 1.165) is 54.3 Å². The minimum atomic E-state index is -0.143. The number of aromatic nitrogens is 3. The van der Waals surface area contributed by atoms with Crippen molar-refractivity contribution in [1.29, 1.82) is 0 Å². The van der Waals surface area contributed by atoms with Crippen molar-refractivity contribution in [2.24, 2.45) is 5.73 Å². The number of benzene rings is 2. The predicted octanol–water partition coefficient (Wildman–Crippen LogP) is 3.80. The maximum atomic E-state index is 12.5. The maximum absolute atomic E-state index is 12.5. The average Bonchev–Trinajstić information content (AvgIpc) is 2.96. The van der Waals surface area contributed by atoms with Crippen LogP contribution in [-0.4, -0.2) is 20.7 Å². The molecule has 0 bridgehead atoms. The molecular formula is C21H24ClN5O. The van der Waals surface area contributed by atoms with Crippen LogP contribution >= 0.6 is 12.4 Å². The number of carbonyl (C=O) groups is 1. The van der Waals surface area contributed by atoms with E-state index < -0.39 is 0 Å². The molecular weight excluding hydrogens is 374 g/mol. The first-order chi connectivity index (χ1) is 13.2. The largest absolute Gasteiger partial charge is 0.326 e. The molecule has 0 spiro atoms. The molecule has 0 radical (unpaired) electrons. The highest BCUT2D eigenvalue weighted by Gasteiger charge is 2.16. The van der Waals surface area contributed by atoms with Crippen LogP contribution < -0.4 is 11.1 Å². The predicted molar refractivity (Wildman–Crippen MR) is 113 cm³/mol. The lowest BCUT2D eigenvalue weighted by Crippen LogP contribution is -2.12. The topological polar surface area (TPSA) is 85.8 Å². The Morgan fingerprint density at radius 3 is 2.68 bits per heavy atom. The minimum absolute atomic E-state index is 0. The van der Waals surface area contributed by atoms with Crippen LogP contribution in [0.25, 0.3) is 11.4 Å². The molecule has 1 amide bonds. The zero-order valence-corrected chi connectivity index (χ0v) is 16.4. The number of fused-ring (bicyclic) bond motifs is 1. The molecule has 2 heterocycles. The number of hydrogen-bond acceptors (Lipinski definition) is 4. The summed E-state index contributed by atoms with van der Waals surface area (Å²) in [6.45, 7) is 1.41. The molecule has 1 aliphatic heterocycles. The molecule has 4 rings (SSSR count). The molecule has 6 nitrogen and oxygen atoms in total. The normalized spacial score (nSPS) is 13.2. The van der Waals surface area contributed by atoms with Gasteiger partial charge in [0.15, 0.2) is 5.82 Å². The van der Waals surface area contributed by atoms with Gasteiger partial charge < -0.3 is 15.6 Å². The van der Waals surface area contributed by atoms with Crippen LogP contribution in [0, 0.1) is 0 Å². The molecule has 0 unspecified atom stereocenters. The van der Waals surface area contributed by atoms with Gasteiger partial charge in [0, 0.05) is 36.3 Å². The summed E-state index contributed by atoms with van der Waals surface area (Å²) in [6.07, 6.45) is 4.51. The molecule has 0 saturated carbocycles. The smallest absolute Gasteiger partial charge is 0.255 e. The molecule has 3 aromatic rings. The molecule has 146 valence electrons. The van der Waals surface area contributed by atoms with Crippen molar-refractivity contribution in [1.82, 2.24) is 14.8 Å². The van der Waals surface area contributed by atoms with E-state index in [1.165, 1.54) is 6.42 Å². The van der Waals surface area contributed by atoms with E-state index in [1.807, 2.05) is 36.4 Å². The Hall–Kier alpha value is -2.70. The van der Waals surface area contributed by atoms with Crippen molar-refractivity contribution in [3.63, 3.8) is 0 Å². The van der Waals surface area contributed by atoms with E-state index in [4.69, 9.17) is 5.73 Å². The monoisotopic (exact) mass is 397 g/mol. The second-order valence-corrected chi connectivity index (χ2v) is 6.84. The van der Waals surface area contributed by atoms with Gasteiger partial charge >= 0.3 is 0 Å². The highest BCUT2D eigenvalue weighted by atomic mass is 35.5. The standard InChI is InChI=1S/C21H23N5O.ClH/c22-14-15-8-10-16(11-9-15)21(27)23-18-6-4-5-17(13-18)20-25-24-19-7-2-1-3-12-26(19)20;/h4-6,8-11,13H,1-3,7,12,14,22H2,(H,23,27);1H. The highest BCUT2D eigenvalue weighted by molar-refractivity contribution is 6.04. The molecule has 7 heteroatoms. The van der Waals surface area contributed by atoms with Crippen molar-refractivity contribution < 1.29 is 4.79 Å². The Morgan fingerprint density at radius 1 is 1.07 bits per heavy atom. The summed E-state index contributed by atoms with van der Waals surface area (Å²) < 4.78 is 2.21. The lowest BCUT2D eigenvalue weighted by atomic mass is 10.1. The third-order valence-corrected chi connectivity index (χ3v) is 4.94. The van der Waals surface area contributed by atoms with Crippen LogP contribution in [0.5, 0.6) is 0 Å². The van der Waals surface area contributed by atoms with Crippen LogP contribution in [0.4, 0.5) is 5.69 Å². The first-order valence-electron chi connectivity index (χ1n) is 9.37. The van der Waals surface area contributed by atoms with Gasteiger partial charge in [-0.25, -0.2) is 0 Å². The molecule has 0 aliphatic carbocycles. The number of halogens is 1. The van der Waals surface area contributed by atoms with Gasteiger partial charge in [0.1, 0.15) is 5.82 Å². The van der Waals surface area contributed by atoms with Crippen LogP contribution in [-0.2, 0) is 19.5 Å². The third-order valence-electron chi connectivity index (χ3n) is 4.94. The number of aryl methyl sites for hydroxylation is 1. The number of nitrogens with two attached hydrogens (primary N) is 1. The van der Waals surface area contributed by atoms with Crippen molar-refractivity contribution in [3.8, 4) is 11.4 Å². The second kappa shape index (κ2) is 8.99. The summed E-state index contributed by atoms with van der Waals surface area (Å²) in [5, 5.41) is 11.7. The van der Waals surface area contributed by atoms with Gasteiger partial charge in [-0.2, -0.15) is 0 Å². The molecule has 3 N–H and O–H groups in total. The van der Waals surface area contributed by atoms with Crippen molar-refractivity contribution >= 4 is 24.0 Å². The summed E-state index contributed by atoms with van der Waals surface area (Å²) in [5.41, 5.74) is 8.92. The molecule has 0 fully saturated rings. The van der Waals surface area contributed by atoms with Gasteiger partial charge in [-0.15, -0.1) is 22.6 Å². The van der Waals surface area contributed by atoms with Gasteiger partial charge in [0.05, 0.1) is 0 Å². The van der Waals surface area contributed by atoms with Crippen LogP contribution in [0.1, 0.15) is 41.0 Å². The molecule has 2 aromatic carbocycles. The van der Waals surface area contributed by atoms with E-state index in [9.17, 15) is 4.79 Å². The Balaban J connectivity index is 0.00000225. The van der Waals surface area contributed by atoms with Crippen molar-refractivity contribution in [3.05, 3.63) is 65.5 Å². The minimum Gasteiger partial charge on any atom is -0.326 e. The van der Waals surface area contributed by atoms with E-state index >= 15 is 0 Å². The maximum Gasteiger partial charge on any atom is 0.255 e. The number of carbonyl (C=O) groups excluding carboxylic acids is 1. The summed E-state index contributed by atoms with van der Waals surface area (Å²) in [4.78, 5) is 12.5. The van der Waals surface area contributed by atoms with E-state index in [2.05, 4.69) is 20.1 Å². The van der Waals surface area contributed by atoms with Gasteiger partial charge in [-0.05, 0) is 42.7 Å². The average molecular weight is 398 g/mol. The quantitative estimate of drug-likeness (QED) is 0.701. The van der Waals surface area contributed by atoms with E-state index in [0.29, 0.717) is 12.1 Å². The first-order valence-corrected chi connectivity index (χ1v) is 9.37. The summed E-state index contributed by atoms with van der Waals surface area (Å²) in [6, 6.07) is 15.1. The Morgan fingerprint density at radius 2 is 1.89 bits per heavy atom. The zero-order valence-electron chi connectivity index (χ0n) is 15.6. The highest BCUT2D eigenvalue weighted by Crippen LogP contribution is 2.25. The second-order valence-electron chi connectivity index (χ2n) is 6.84. The molecule has 1 aliphatic rings. The zero-order chi connectivity index (χ0) is 18.6. The van der Waals surface area contributed by atoms with Gasteiger partial charge in [-0.3, -0.25) is 4.79 Å². The lowest BCUT2D eigenvalue weighted by Gasteiger charge is -2.10. The Labute approximate surface area is 170 Å². The number of anilines is 1. The first kappa shape index (κ1) is 20.0. The van der Waals surface area contributed by atoms with Gasteiger partial charge in [0.2, 0.25) is 0 Å². The molecule has 0 atom stereocenters. The molecule has 1 aromatic heterocycles. The van der Waals surface area contributed by atoms with Crippen LogP contribution in [0.15, 0.2) is 48.5 Å². The number of amides is 1. The van der Waals surface area contributed by atoms with Crippen molar-refractivity contribution in [2.75, 3.05) is 5.32 Å². The summed E-state index contributed by atoms with van der Waals surface area (Å²) >= 11 is 0. The summed E-state index contributed by atoms with van der Waals surface area (Å²) in [7, 11) is 0. The van der Waals surface area contributed by atoms with Gasteiger partial charge in [-0.1, -0.05) is 30.7 Å². The Bertz CT molecular complexity index is 952. The fourth-order valence-corrected chi connectivity index (χ4v) is 3.43. The van der Waals surface area contributed by atoms with Crippen LogP contribution in [0.2, 0.25) is 0 Å². The number of hydrogen-bond donors (Lipinski definition) is 2. The SMILES string of the molecule is Cl.NCc1ccc(C(=O)Nc2cccc(-c3nnc4n3CCCCC4)c2)cc1. The molecule has 0 saturated heterocycles. The molecule has 28 heavy (non-hydrogen) atoms. The number of rotatable bonds is 4. The van der Waals surface area contributed by atoms with Crippen molar-refractivity contribution in [2.45, 2.75) is 38.8 Å². The van der Waals surface area contributed by atoms with Crippen LogP contribution in [0.3, 0.4) is 0 Å². The van der Waals surface area contributed by atoms with E-state index in [-0.39, 0.29) is 18.3 Å². The van der Waals surface area contributed by atoms with Gasteiger partial charge in [0.25, 0.3) is 5.91 Å². The summed E-state index contributed by atoms with van der Waals surface area (Å²) in [5.74, 6) is 1.78. The van der Waals surface area contributed by atoms with E-state index in [1.54, 1.807) is 12.1 Å². The number of nitrogens with zero attached hydrogens (tertiary/aromatic N) is 3. The lowest BCUT2D eigenvalue weighted by molar-refractivity contribution is 0.102. The third kappa shape index (κ3) is 4.24. The number of nitrogens with one attached hydrogen (secondary N) is 1. The fraction of sp³-hybridized carbons (Fsp3) is 0.286. The Kier molecular flexibility index (Phi) is 6.44.